The number of amides is 1. The van der Waals surface area contributed by atoms with Gasteiger partial charge in [-0.25, -0.2) is 4.98 Å². The van der Waals surface area contributed by atoms with Gasteiger partial charge in [-0.15, -0.1) is 0 Å². The fourth-order valence-electron chi connectivity index (χ4n) is 3.13. The summed E-state index contributed by atoms with van der Waals surface area (Å²) in [5.74, 6) is 0.610. The molecular formula is C18H25N5O2. The van der Waals surface area contributed by atoms with E-state index in [9.17, 15) is 4.79 Å². The summed E-state index contributed by atoms with van der Waals surface area (Å²) < 4.78 is 7.08. The molecular weight excluding hydrogens is 318 g/mol. The highest BCUT2D eigenvalue weighted by atomic mass is 16.5. The second-order valence-electron chi connectivity index (χ2n) is 6.16. The minimum Gasteiger partial charge on any atom is -0.478 e. The van der Waals surface area contributed by atoms with E-state index in [2.05, 4.69) is 20.3 Å². The Labute approximate surface area is 148 Å². The number of aryl methyl sites for hydroxylation is 1. The van der Waals surface area contributed by atoms with Crippen LogP contribution < -0.4 is 10.1 Å². The third kappa shape index (κ3) is 4.36. The van der Waals surface area contributed by atoms with Crippen molar-refractivity contribution in [3.05, 3.63) is 41.9 Å². The number of carbonyl (C=O) groups is 1. The largest absolute Gasteiger partial charge is 0.478 e. The number of pyridine rings is 1. The lowest BCUT2D eigenvalue weighted by Crippen LogP contribution is -2.38. The summed E-state index contributed by atoms with van der Waals surface area (Å²) in [7, 11) is 0. The summed E-state index contributed by atoms with van der Waals surface area (Å²) in [4.78, 5) is 19.0. The van der Waals surface area contributed by atoms with Crippen molar-refractivity contribution in [2.24, 2.45) is 0 Å². The fourth-order valence-corrected chi connectivity index (χ4v) is 3.13. The van der Waals surface area contributed by atoms with E-state index in [0.717, 1.165) is 31.6 Å². The fraction of sp³-hybridized carbons (Fsp3) is 0.500. The van der Waals surface area contributed by atoms with Crippen molar-refractivity contribution in [3.8, 4) is 5.88 Å². The van der Waals surface area contributed by atoms with Crippen molar-refractivity contribution >= 4 is 5.91 Å². The molecule has 7 nitrogen and oxygen atoms in total. The lowest BCUT2D eigenvalue weighted by molar-refractivity contribution is 0.0927. The third-order valence-electron chi connectivity index (χ3n) is 4.35. The standard InChI is InChI=1S/C18H25N5O2/c1-3-23-16(7-9-20-23)18(24)21-15-8-10-22(13-15)12-14-5-6-17(19-11-14)25-4-2/h5-7,9,11,15H,3-4,8,10,12-13H2,1-2H3,(H,21,24)/t15-/m0/s1. The van der Waals surface area contributed by atoms with Gasteiger partial charge < -0.3 is 10.1 Å². The van der Waals surface area contributed by atoms with Gasteiger partial charge in [0.2, 0.25) is 5.88 Å². The summed E-state index contributed by atoms with van der Waals surface area (Å²) in [5.41, 5.74) is 1.77. The van der Waals surface area contributed by atoms with Crippen LogP contribution in [-0.2, 0) is 13.1 Å². The van der Waals surface area contributed by atoms with Gasteiger partial charge in [-0.1, -0.05) is 6.07 Å². The molecule has 25 heavy (non-hydrogen) atoms. The molecule has 0 aliphatic carbocycles. The average Bonchev–Trinajstić information content (AvgIpc) is 3.26. The molecule has 3 rings (SSSR count). The molecule has 0 unspecified atom stereocenters. The van der Waals surface area contributed by atoms with Crippen LogP contribution in [0.3, 0.4) is 0 Å². The molecule has 0 bridgehead atoms. The highest BCUT2D eigenvalue weighted by Gasteiger charge is 2.25. The first-order valence-electron chi connectivity index (χ1n) is 8.82. The number of carbonyl (C=O) groups excluding carboxylic acids is 1. The molecule has 2 aromatic rings. The Hall–Kier alpha value is -2.41. The van der Waals surface area contributed by atoms with Crippen molar-refractivity contribution in [2.75, 3.05) is 19.7 Å². The van der Waals surface area contributed by atoms with Gasteiger partial charge >= 0.3 is 0 Å². The highest BCUT2D eigenvalue weighted by molar-refractivity contribution is 5.92. The molecule has 1 fully saturated rings. The van der Waals surface area contributed by atoms with Gasteiger partial charge in [0.1, 0.15) is 5.69 Å². The molecule has 0 saturated carbocycles. The zero-order chi connectivity index (χ0) is 17.6. The zero-order valence-electron chi connectivity index (χ0n) is 14.8. The van der Waals surface area contributed by atoms with Crippen LogP contribution in [-0.4, -0.2) is 51.3 Å². The average molecular weight is 343 g/mol. The number of likely N-dealkylation sites (tertiary alicyclic amines) is 1. The number of nitrogens with one attached hydrogen (secondary N) is 1. The maximum Gasteiger partial charge on any atom is 0.269 e. The van der Waals surface area contributed by atoms with E-state index in [1.807, 2.05) is 32.2 Å². The van der Waals surface area contributed by atoms with E-state index < -0.39 is 0 Å². The van der Waals surface area contributed by atoms with Crippen molar-refractivity contribution in [1.29, 1.82) is 0 Å². The normalized spacial score (nSPS) is 17.6. The molecule has 0 aromatic carbocycles. The number of nitrogens with zero attached hydrogens (tertiary/aromatic N) is 4. The van der Waals surface area contributed by atoms with E-state index in [1.54, 1.807) is 16.9 Å². The van der Waals surface area contributed by atoms with Gasteiger partial charge in [0.15, 0.2) is 0 Å². The molecule has 1 atom stereocenters. The van der Waals surface area contributed by atoms with Crippen LogP contribution in [0.4, 0.5) is 0 Å². The number of ether oxygens (including phenoxy) is 1. The van der Waals surface area contributed by atoms with Gasteiger partial charge in [-0.05, 0) is 31.9 Å². The molecule has 0 radical (unpaired) electrons. The number of hydrogen-bond donors (Lipinski definition) is 1. The Morgan fingerprint density at radius 1 is 1.36 bits per heavy atom. The number of hydrogen-bond acceptors (Lipinski definition) is 5. The smallest absolute Gasteiger partial charge is 0.269 e. The third-order valence-corrected chi connectivity index (χ3v) is 4.35. The molecule has 1 N–H and O–H groups in total. The molecule has 0 spiro atoms. The van der Waals surface area contributed by atoms with Crippen LogP contribution in [0.15, 0.2) is 30.6 Å². The van der Waals surface area contributed by atoms with Gasteiger partial charge in [0.05, 0.1) is 6.61 Å². The van der Waals surface area contributed by atoms with Gasteiger partial charge in [-0.2, -0.15) is 5.10 Å². The lowest BCUT2D eigenvalue weighted by Gasteiger charge is -2.17. The first-order chi connectivity index (χ1) is 12.2. The van der Waals surface area contributed by atoms with E-state index in [1.165, 1.54) is 0 Å². The second kappa shape index (κ2) is 8.11. The van der Waals surface area contributed by atoms with Crippen molar-refractivity contribution < 1.29 is 9.53 Å². The van der Waals surface area contributed by atoms with E-state index in [-0.39, 0.29) is 11.9 Å². The molecule has 134 valence electrons. The lowest BCUT2D eigenvalue weighted by atomic mass is 10.2. The Balaban J connectivity index is 1.50. The Morgan fingerprint density at radius 2 is 2.24 bits per heavy atom. The van der Waals surface area contributed by atoms with E-state index >= 15 is 0 Å². The summed E-state index contributed by atoms with van der Waals surface area (Å²) in [6, 6.07) is 5.88. The summed E-state index contributed by atoms with van der Waals surface area (Å²) in [6.45, 7) is 7.88. The minimum atomic E-state index is -0.0473. The zero-order valence-corrected chi connectivity index (χ0v) is 14.8. The summed E-state index contributed by atoms with van der Waals surface area (Å²) in [5, 5.41) is 7.27. The number of rotatable bonds is 7. The molecule has 2 aromatic heterocycles. The molecule has 1 aliphatic rings. The molecule has 7 heteroatoms. The first kappa shape index (κ1) is 17.4. The Bertz CT molecular complexity index is 698. The molecule has 3 heterocycles. The van der Waals surface area contributed by atoms with Gasteiger partial charge in [-0.3, -0.25) is 14.4 Å². The van der Waals surface area contributed by atoms with Crippen molar-refractivity contribution in [1.82, 2.24) is 25.0 Å². The Morgan fingerprint density at radius 3 is 2.96 bits per heavy atom. The van der Waals surface area contributed by atoms with Crippen molar-refractivity contribution in [2.45, 2.75) is 39.4 Å². The molecule has 1 saturated heterocycles. The van der Waals surface area contributed by atoms with E-state index in [4.69, 9.17) is 4.74 Å². The van der Waals surface area contributed by atoms with Crippen LogP contribution in [0.5, 0.6) is 5.88 Å². The Kier molecular flexibility index (Phi) is 5.65. The van der Waals surface area contributed by atoms with Crippen LogP contribution >= 0.6 is 0 Å². The predicted octanol–water partition coefficient (Wildman–Crippen LogP) is 1.70. The monoisotopic (exact) mass is 343 g/mol. The second-order valence-corrected chi connectivity index (χ2v) is 6.16. The summed E-state index contributed by atoms with van der Waals surface area (Å²) in [6.07, 6.45) is 4.48. The van der Waals surface area contributed by atoms with E-state index in [0.29, 0.717) is 24.7 Å². The predicted molar refractivity (Wildman–Crippen MR) is 94.5 cm³/mol. The number of aromatic nitrogens is 3. The van der Waals surface area contributed by atoms with Crippen LogP contribution in [0.2, 0.25) is 0 Å². The van der Waals surface area contributed by atoms with Crippen LogP contribution in [0, 0.1) is 0 Å². The SMILES string of the molecule is CCOc1ccc(CN2CC[C@H](NC(=O)c3ccnn3CC)C2)cn1. The maximum absolute atomic E-state index is 12.4. The topological polar surface area (TPSA) is 72.3 Å². The van der Waals surface area contributed by atoms with Crippen LogP contribution in [0.25, 0.3) is 0 Å². The first-order valence-corrected chi connectivity index (χ1v) is 8.82. The van der Waals surface area contributed by atoms with Crippen LogP contribution in [0.1, 0.15) is 36.3 Å². The maximum atomic E-state index is 12.4. The van der Waals surface area contributed by atoms with Gasteiger partial charge in [0.25, 0.3) is 5.91 Å². The molecule has 1 aliphatic heterocycles. The summed E-state index contributed by atoms with van der Waals surface area (Å²) >= 11 is 0. The molecule has 1 amide bonds. The quantitative estimate of drug-likeness (QED) is 0.828. The van der Waals surface area contributed by atoms with Crippen molar-refractivity contribution in [3.63, 3.8) is 0 Å². The minimum absolute atomic E-state index is 0.0473. The highest BCUT2D eigenvalue weighted by Crippen LogP contribution is 2.15. The van der Waals surface area contributed by atoms with Gasteiger partial charge in [0, 0.05) is 50.7 Å².